The summed E-state index contributed by atoms with van der Waals surface area (Å²) in [5, 5.41) is 3.14. The molecule has 1 fully saturated rings. The molecule has 1 aromatic carbocycles. The third-order valence-electron chi connectivity index (χ3n) is 4.00. The second-order valence-electron chi connectivity index (χ2n) is 5.24. The number of nitrogens with zero attached hydrogens (tertiary/aromatic N) is 2. The SMILES string of the molecule is CCN1CCN(C(=O)c2ccccc2CCNC)CC1.Cl. The summed E-state index contributed by atoms with van der Waals surface area (Å²) in [7, 11) is 1.94. The third kappa shape index (κ3) is 4.70. The largest absolute Gasteiger partial charge is 0.336 e. The first kappa shape index (κ1) is 18.0. The molecule has 1 aliphatic rings. The van der Waals surface area contributed by atoms with E-state index >= 15 is 0 Å². The first-order valence-electron chi connectivity index (χ1n) is 7.50. The lowest BCUT2D eigenvalue weighted by Gasteiger charge is -2.34. The molecule has 2 rings (SSSR count). The van der Waals surface area contributed by atoms with Crippen LogP contribution < -0.4 is 5.32 Å². The van der Waals surface area contributed by atoms with Crippen LogP contribution in [0.1, 0.15) is 22.8 Å². The van der Waals surface area contributed by atoms with Gasteiger partial charge in [-0.25, -0.2) is 0 Å². The third-order valence-corrected chi connectivity index (χ3v) is 4.00. The predicted molar refractivity (Wildman–Crippen MR) is 89.3 cm³/mol. The average Bonchev–Trinajstić information content (AvgIpc) is 2.52. The Kier molecular flexibility index (Phi) is 7.72. The minimum absolute atomic E-state index is 0. The number of halogens is 1. The lowest BCUT2D eigenvalue weighted by atomic mass is 10.0. The summed E-state index contributed by atoms with van der Waals surface area (Å²) in [4.78, 5) is 17.0. The zero-order valence-electron chi connectivity index (χ0n) is 13.0. The molecule has 0 unspecified atom stereocenters. The summed E-state index contributed by atoms with van der Waals surface area (Å²) in [6.07, 6.45) is 0.896. The second-order valence-corrected chi connectivity index (χ2v) is 5.24. The Balaban J connectivity index is 0.00000220. The van der Waals surface area contributed by atoms with E-state index in [1.165, 1.54) is 0 Å². The fourth-order valence-electron chi connectivity index (χ4n) is 2.64. The van der Waals surface area contributed by atoms with Crippen molar-refractivity contribution in [2.75, 3.05) is 46.3 Å². The molecular formula is C16H26ClN3O. The Labute approximate surface area is 133 Å². The molecule has 1 aromatic rings. The van der Waals surface area contributed by atoms with E-state index in [2.05, 4.69) is 23.2 Å². The number of nitrogens with one attached hydrogen (secondary N) is 1. The summed E-state index contributed by atoms with van der Waals surface area (Å²) < 4.78 is 0. The van der Waals surface area contributed by atoms with Gasteiger partial charge in [-0.05, 0) is 38.2 Å². The van der Waals surface area contributed by atoms with Crippen LogP contribution in [-0.4, -0.2) is 62.0 Å². The van der Waals surface area contributed by atoms with E-state index < -0.39 is 0 Å². The van der Waals surface area contributed by atoms with E-state index in [0.29, 0.717) is 0 Å². The molecule has 0 saturated carbocycles. The van der Waals surface area contributed by atoms with Crippen LogP contribution in [-0.2, 0) is 6.42 Å². The lowest BCUT2D eigenvalue weighted by Crippen LogP contribution is -2.48. The summed E-state index contributed by atoms with van der Waals surface area (Å²) >= 11 is 0. The number of amides is 1. The predicted octanol–water partition coefficient (Wildman–Crippen LogP) is 1.65. The van der Waals surface area contributed by atoms with Gasteiger partial charge in [-0.3, -0.25) is 4.79 Å². The van der Waals surface area contributed by atoms with Gasteiger partial charge in [0.15, 0.2) is 0 Å². The number of hydrogen-bond acceptors (Lipinski definition) is 3. The van der Waals surface area contributed by atoms with E-state index in [4.69, 9.17) is 0 Å². The van der Waals surface area contributed by atoms with E-state index in [-0.39, 0.29) is 18.3 Å². The Morgan fingerprint density at radius 2 is 1.86 bits per heavy atom. The highest BCUT2D eigenvalue weighted by Gasteiger charge is 2.22. The van der Waals surface area contributed by atoms with Crippen molar-refractivity contribution in [3.8, 4) is 0 Å². The number of piperazine rings is 1. The van der Waals surface area contributed by atoms with E-state index in [1.54, 1.807) is 0 Å². The molecule has 0 spiro atoms. The molecule has 0 bridgehead atoms. The maximum atomic E-state index is 12.7. The molecule has 0 atom stereocenters. The maximum Gasteiger partial charge on any atom is 0.254 e. The van der Waals surface area contributed by atoms with Gasteiger partial charge in [-0.1, -0.05) is 25.1 Å². The quantitative estimate of drug-likeness (QED) is 0.898. The Morgan fingerprint density at radius 1 is 1.19 bits per heavy atom. The van der Waals surface area contributed by atoms with Crippen LogP contribution in [0.25, 0.3) is 0 Å². The van der Waals surface area contributed by atoms with E-state index in [0.717, 1.165) is 56.8 Å². The Morgan fingerprint density at radius 3 is 2.48 bits per heavy atom. The van der Waals surface area contributed by atoms with Crippen LogP contribution in [0.15, 0.2) is 24.3 Å². The van der Waals surface area contributed by atoms with Gasteiger partial charge in [0.2, 0.25) is 0 Å². The van der Waals surface area contributed by atoms with Crippen LogP contribution in [0.3, 0.4) is 0 Å². The average molecular weight is 312 g/mol. The number of hydrogen-bond donors (Lipinski definition) is 1. The lowest BCUT2D eigenvalue weighted by molar-refractivity contribution is 0.0642. The Bertz CT molecular complexity index is 445. The fraction of sp³-hybridized carbons (Fsp3) is 0.562. The molecule has 1 amide bonds. The van der Waals surface area contributed by atoms with Crippen molar-refractivity contribution in [3.63, 3.8) is 0 Å². The van der Waals surface area contributed by atoms with Gasteiger partial charge in [0, 0.05) is 31.7 Å². The molecule has 0 radical (unpaired) electrons. The molecule has 1 heterocycles. The van der Waals surface area contributed by atoms with Crippen LogP contribution in [0.4, 0.5) is 0 Å². The monoisotopic (exact) mass is 311 g/mol. The molecule has 21 heavy (non-hydrogen) atoms. The summed E-state index contributed by atoms with van der Waals surface area (Å²) in [5.41, 5.74) is 2.01. The number of rotatable bonds is 5. The highest BCUT2D eigenvalue weighted by molar-refractivity contribution is 5.95. The number of carbonyl (C=O) groups is 1. The van der Waals surface area contributed by atoms with Gasteiger partial charge in [0.25, 0.3) is 5.91 Å². The topological polar surface area (TPSA) is 35.6 Å². The van der Waals surface area contributed by atoms with E-state index in [9.17, 15) is 4.79 Å². The maximum absolute atomic E-state index is 12.7. The summed E-state index contributed by atoms with van der Waals surface area (Å²) in [5.74, 6) is 0.187. The fourth-order valence-corrected chi connectivity index (χ4v) is 2.64. The number of benzene rings is 1. The molecule has 1 N–H and O–H groups in total. The van der Waals surface area contributed by atoms with Gasteiger partial charge in [0.05, 0.1) is 0 Å². The van der Waals surface area contributed by atoms with Crippen LogP contribution in [0, 0.1) is 0 Å². The molecule has 5 heteroatoms. The molecule has 1 saturated heterocycles. The van der Waals surface area contributed by atoms with Gasteiger partial charge in [-0.15, -0.1) is 12.4 Å². The van der Waals surface area contributed by atoms with E-state index in [1.807, 2.05) is 30.1 Å². The van der Waals surface area contributed by atoms with Crippen molar-refractivity contribution < 1.29 is 4.79 Å². The minimum atomic E-state index is 0. The highest BCUT2D eigenvalue weighted by Crippen LogP contribution is 2.14. The number of likely N-dealkylation sites (N-methyl/N-ethyl adjacent to an activating group) is 2. The van der Waals surface area contributed by atoms with Gasteiger partial charge >= 0.3 is 0 Å². The van der Waals surface area contributed by atoms with Crippen molar-refractivity contribution in [1.29, 1.82) is 0 Å². The van der Waals surface area contributed by atoms with Gasteiger partial charge < -0.3 is 15.1 Å². The molecule has 0 aliphatic carbocycles. The summed E-state index contributed by atoms with van der Waals surface area (Å²) in [6, 6.07) is 7.99. The zero-order valence-corrected chi connectivity index (χ0v) is 13.8. The van der Waals surface area contributed by atoms with Crippen molar-refractivity contribution >= 4 is 18.3 Å². The van der Waals surface area contributed by atoms with Crippen molar-refractivity contribution in [2.45, 2.75) is 13.3 Å². The second kappa shape index (κ2) is 9.03. The molecule has 118 valence electrons. The summed E-state index contributed by atoms with van der Waals surface area (Å²) in [6.45, 7) is 7.79. The van der Waals surface area contributed by atoms with Crippen molar-refractivity contribution in [1.82, 2.24) is 15.1 Å². The number of carbonyl (C=O) groups excluding carboxylic acids is 1. The van der Waals surface area contributed by atoms with Crippen LogP contribution in [0.5, 0.6) is 0 Å². The van der Waals surface area contributed by atoms with Crippen molar-refractivity contribution in [2.24, 2.45) is 0 Å². The molecular weight excluding hydrogens is 286 g/mol. The normalized spacial score (nSPS) is 15.6. The highest BCUT2D eigenvalue weighted by atomic mass is 35.5. The molecule has 1 aliphatic heterocycles. The van der Waals surface area contributed by atoms with Crippen LogP contribution >= 0.6 is 12.4 Å². The standard InChI is InChI=1S/C16H25N3O.ClH/c1-3-18-10-12-19(13-11-18)16(20)15-7-5-4-6-14(15)8-9-17-2;/h4-7,17H,3,8-13H2,1-2H3;1H. The van der Waals surface area contributed by atoms with Gasteiger partial charge in [0.1, 0.15) is 0 Å². The smallest absolute Gasteiger partial charge is 0.254 e. The van der Waals surface area contributed by atoms with Crippen LogP contribution in [0.2, 0.25) is 0 Å². The Hall–Kier alpha value is -1.10. The first-order chi connectivity index (χ1) is 9.76. The zero-order chi connectivity index (χ0) is 14.4. The molecule has 0 aromatic heterocycles. The molecule has 4 nitrogen and oxygen atoms in total. The minimum Gasteiger partial charge on any atom is -0.336 e. The van der Waals surface area contributed by atoms with Gasteiger partial charge in [-0.2, -0.15) is 0 Å². The van der Waals surface area contributed by atoms with Crippen molar-refractivity contribution in [3.05, 3.63) is 35.4 Å². The first-order valence-corrected chi connectivity index (χ1v) is 7.50.